The minimum Gasteiger partial charge on any atom is -0.352 e. The number of nitrogens with one attached hydrogen (secondary N) is 2. The van der Waals surface area contributed by atoms with E-state index in [2.05, 4.69) is 25.7 Å². The average Bonchev–Trinajstić information content (AvgIpc) is 3.06. The molecule has 0 saturated heterocycles. The van der Waals surface area contributed by atoms with Crippen molar-refractivity contribution in [1.82, 2.24) is 30.4 Å². The highest BCUT2D eigenvalue weighted by Crippen LogP contribution is 2.20. The molecule has 3 heterocycles. The predicted molar refractivity (Wildman–Crippen MR) is 98.8 cm³/mol. The smallest absolute Gasteiger partial charge is 0.221 e. The van der Waals surface area contributed by atoms with Crippen LogP contribution in [0.3, 0.4) is 0 Å². The molecule has 0 spiro atoms. The summed E-state index contributed by atoms with van der Waals surface area (Å²) in [4.78, 5) is 20.0. The third-order valence-corrected chi connectivity index (χ3v) is 3.92. The van der Waals surface area contributed by atoms with Gasteiger partial charge in [0.25, 0.3) is 0 Å². The zero-order valence-electron chi connectivity index (χ0n) is 14.7. The van der Waals surface area contributed by atoms with Crippen LogP contribution in [-0.4, -0.2) is 32.2 Å². The van der Waals surface area contributed by atoms with E-state index in [1.165, 1.54) is 0 Å². The number of amides is 1. The molecule has 0 aliphatic rings. The van der Waals surface area contributed by atoms with Gasteiger partial charge in [0, 0.05) is 75.2 Å². The van der Waals surface area contributed by atoms with Gasteiger partial charge in [0.2, 0.25) is 5.91 Å². The van der Waals surface area contributed by atoms with Crippen molar-refractivity contribution in [3.63, 3.8) is 0 Å². The summed E-state index contributed by atoms with van der Waals surface area (Å²) in [6.07, 6.45) is 9.40. The Morgan fingerprint density at radius 2 is 1.96 bits per heavy atom. The number of aryl methyl sites for hydroxylation is 1. The quantitative estimate of drug-likeness (QED) is 0.604. The van der Waals surface area contributed by atoms with Crippen LogP contribution in [0.5, 0.6) is 0 Å². The molecule has 0 radical (unpaired) electrons. The van der Waals surface area contributed by atoms with E-state index >= 15 is 0 Å². The number of hydrogen-bond acceptors (Lipinski definition) is 5. The van der Waals surface area contributed by atoms with Gasteiger partial charge in [0.05, 0.1) is 5.69 Å². The minimum absolute atomic E-state index is 0.0156. The summed E-state index contributed by atoms with van der Waals surface area (Å²) in [5.41, 5.74) is 4.05. The maximum absolute atomic E-state index is 11.9. The Kier molecular flexibility index (Phi) is 6.05. The molecule has 3 aromatic rings. The van der Waals surface area contributed by atoms with Gasteiger partial charge in [0.15, 0.2) is 0 Å². The third-order valence-electron chi connectivity index (χ3n) is 3.92. The molecule has 3 rings (SSSR count). The Morgan fingerprint density at radius 3 is 2.73 bits per heavy atom. The summed E-state index contributed by atoms with van der Waals surface area (Å²) in [5, 5.41) is 10.7. The Hall–Kier alpha value is -3.06. The standard InChI is InChI=1S/C19H22N6O/c1-25-14-17(19(24-25)16-4-8-20-9-5-16)13-22-10-6-18(26)23-12-15-3-2-7-21-11-15/h2-5,7-9,11,14,22H,6,10,12-13H2,1H3,(H,23,26). The Labute approximate surface area is 152 Å². The highest BCUT2D eigenvalue weighted by molar-refractivity contribution is 5.76. The van der Waals surface area contributed by atoms with Gasteiger partial charge >= 0.3 is 0 Å². The summed E-state index contributed by atoms with van der Waals surface area (Å²) < 4.78 is 1.80. The van der Waals surface area contributed by atoms with Crippen LogP contribution in [0.4, 0.5) is 0 Å². The van der Waals surface area contributed by atoms with E-state index in [0.29, 0.717) is 26.1 Å². The highest BCUT2D eigenvalue weighted by atomic mass is 16.1. The van der Waals surface area contributed by atoms with Crippen molar-refractivity contribution in [2.75, 3.05) is 6.54 Å². The summed E-state index contributed by atoms with van der Waals surface area (Å²) in [6.45, 7) is 1.76. The van der Waals surface area contributed by atoms with E-state index in [4.69, 9.17) is 0 Å². The van der Waals surface area contributed by atoms with E-state index in [1.807, 2.05) is 37.5 Å². The Bertz CT molecular complexity index is 832. The summed E-state index contributed by atoms with van der Waals surface area (Å²) in [7, 11) is 1.90. The molecule has 0 unspecified atom stereocenters. The largest absolute Gasteiger partial charge is 0.352 e. The van der Waals surface area contributed by atoms with Gasteiger partial charge in [-0.2, -0.15) is 5.10 Å². The van der Waals surface area contributed by atoms with Crippen LogP contribution in [-0.2, 0) is 24.9 Å². The van der Waals surface area contributed by atoms with Crippen molar-refractivity contribution in [2.45, 2.75) is 19.5 Å². The van der Waals surface area contributed by atoms with Crippen molar-refractivity contribution in [3.05, 3.63) is 66.4 Å². The first-order valence-corrected chi connectivity index (χ1v) is 8.51. The zero-order chi connectivity index (χ0) is 18.2. The van der Waals surface area contributed by atoms with Crippen LogP contribution in [0.2, 0.25) is 0 Å². The van der Waals surface area contributed by atoms with Gasteiger partial charge in [-0.15, -0.1) is 0 Å². The molecule has 134 valence electrons. The lowest BCUT2D eigenvalue weighted by molar-refractivity contribution is -0.121. The van der Waals surface area contributed by atoms with Gasteiger partial charge in [-0.3, -0.25) is 19.4 Å². The lowest BCUT2D eigenvalue weighted by Gasteiger charge is -2.07. The second-order valence-electron chi connectivity index (χ2n) is 5.98. The molecule has 0 aromatic carbocycles. The number of carbonyl (C=O) groups is 1. The molecule has 0 aliphatic carbocycles. The van der Waals surface area contributed by atoms with Gasteiger partial charge in [0.1, 0.15) is 0 Å². The summed E-state index contributed by atoms with van der Waals surface area (Å²) >= 11 is 0. The molecule has 0 saturated carbocycles. The molecule has 0 bridgehead atoms. The molecular weight excluding hydrogens is 328 g/mol. The van der Waals surface area contributed by atoms with Gasteiger partial charge in [-0.25, -0.2) is 0 Å². The van der Waals surface area contributed by atoms with Crippen molar-refractivity contribution in [1.29, 1.82) is 0 Å². The second-order valence-corrected chi connectivity index (χ2v) is 5.98. The van der Waals surface area contributed by atoms with E-state index in [-0.39, 0.29) is 5.91 Å². The fourth-order valence-electron chi connectivity index (χ4n) is 2.64. The minimum atomic E-state index is 0.0156. The Balaban J connectivity index is 1.45. The average molecular weight is 350 g/mol. The molecule has 0 aliphatic heterocycles. The van der Waals surface area contributed by atoms with Crippen LogP contribution in [0, 0.1) is 0 Å². The number of aromatic nitrogens is 4. The van der Waals surface area contributed by atoms with Gasteiger partial charge < -0.3 is 10.6 Å². The van der Waals surface area contributed by atoms with E-state index in [9.17, 15) is 4.79 Å². The number of pyridine rings is 2. The first-order valence-electron chi connectivity index (χ1n) is 8.51. The predicted octanol–water partition coefficient (Wildman–Crippen LogP) is 1.67. The van der Waals surface area contributed by atoms with E-state index in [0.717, 1.165) is 22.4 Å². The molecule has 2 N–H and O–H groups in total. The molecular formula is C19H22N6O. The first-order chi connectivity index (χ1) is 12.7. The molecule has 1 amide bonds. The number of rotatable bonds is 8. The summed E-state index contributed by atoms with van der Waals surface area (Å²) in [5.74, 6) is 0.0156. The maximum Gasteiger partial charge on any atom is 0.221 e. The van der Waals surface area contributed by atoms with E-state index in [1.54, 1.807) is 29.5 Å². The van der Waals surface area contributed by atoms with Crippen molar-refractivity contribution >= 4 is 5.91 Å². The van der Waals surface area contributed by atoms with Crippen LogP contribution >= 0.6 is 0 Å². The molecule has 0 atom stereocenters. The molecule has 7 nitrogen and oxygen atoms in total. The molecule has 7 heteroatoms. The number of carbonyl (C=O) groups excluding carboxylic acids is 1. The van der Waals surface area contributed by atoms with Crippen LogP contribution < -0.4 is 10.6 Å². The summed E-state index contributed by atoms with van der Waals surface area (Å²) in [6, 6.07) is 7.68. The van der Waals surface area contributed by atoms with E-state index < -0.39 is 0 Å². The second kappa shape index (κ2) is 8.87. The van der Waals surface area contributed by atoms with Crippen molar-refractivity contribution in [2.24, 2.45) is 7.05 Å². The highest BCUT2D eigenvalue weighted by Gasteiger charge is 2.10. The normalized spacial score (nSPS) is 10.7. The van der Waals surface area contributed by atoms with Crippen LogP contribution in [0.1, 0.15) is 17.5 Å². The van der Waals surface area contributed by atoms with Gasteiger partial charge in [-0.05, 0) is 23.8 Å². The van der Waals surface area contributed by atoms with Crippen molar-refractivity contribution in [3.8, 4) is 11.3 Å². The number of nitrogens with zero attached hydrogens (tertiary/aromatic N) is 4. The molecule has 0 fully saturated rings. The SMILES string of the molecule is Cn1cc(CNCCC(=O)NCc2cccnc2)c(-c2ccncc2)n1. The fraction of sp³-hybridized carbons (Fsp3) is 0.263. The maximum atomic E-state index is 11.9. The monoisotopic (exact) mass is 350 g/mol. The lowest BCUT2D eigenvalue weighted by atomic mass is 10.1. The fourth-order valence-corrected chi connectivity index (χ4v) is 2.64. The first kappa shape index (κ1) is 17.8. The van der Waals surface area contributed by atoms with Crippen LogP contribution in [0.25, 0.3) is 11.3 Å². The Morgan fingerprint density at radius 1 is 1.12 bits per heavy atom. The third kappa shape index (κ3) is 4.97. The lowest BCUT2D eigenvalue weighted by Crippen LogP contribution is -2.27. The zero-order valence-corrected chi connectivity index (χ0v) is 14.7. The number of hydrogen-bond donors (Lipinski definition) is 2. The van der Waals surface area contributed by atoms with Crippen molar-refractivity contribution < 1.29 is 4.79 Å². The van der Waals surface area contributed by atoms with Gasteiger partial charge in [-0.1, -0.05) is 6.07 Å². The molecule has 3 aromatic heterocycles. The van der Waals surface area contributed by atoms with Crippen LogP contribution in [0.15, 0.2) is 55.2 Å². The molecule has 26 heavy (non-hydrogen) atoms. The topological polar surface area (TPSA) is 84.7 Å².